The Balaban J connectivity index is 1.63. The molecule has 0 unspecified atom stereocenters. The number of nitrogens with zero attached hydrogens (tertiary/aromatic N) is 4. The summed E-state index contributed by atoms with van der Waals surface area (Å²) in [5.74, 6) is 2.32. The van der Waals surface area contributed by atoms with Crippen LogP contribution in [0.25, 0.3) is 5.65 Å². The van der Waals surface area contributed by atoms with E-state index in [0.29, 0.717) is 19.0 Å². The molecule has 2 aromatic heterocycles. The van der Waals surface area contributed by atoms with Crippen molar-refractivity contribution < 1.29 is 4.74 Å². The molecule has 7 nitrogen and oxygen atoms in total. The third-order valence-corrected chi connectivity index (χ3v) is 4.20. The number of aliphatic imine (C=N–C) groups is 1. The number of guanidine groups is 1. The van der Waals surface area contributed by atoms with Gasteiger partial charge in [-0.05, 0) is 30.3 Å². The fraction of sp³-hybridized carbons (Fsp3) is 0.235. The molecule has 0 aliphatic heterocycles. The Bertz CT molecular complexity index is 892. The fourth-order valence-electron chi connectivity index (χ4n) is 2.46. The predicted octanol–water partition coefficient (Wildman–Crippen LogP) is 2.37. The molecule has 0 radical (unpaired) electrons. The second-order valence-electron chi connectivity index (χ2n) is 5.28. The van der Waals surface area contributed by atoms with Crippen molar-refractivity contribution in [2.45, 2.75) is 13.1 Å². The highest BCUT2D eigenvalue weighted by molar-refractivity contribution is 9.10. The maximum absolute atomic E-state index is 5.39. The molecule has 0 spiro atoms. The van der Waals surface area contributed by atoms with E-state index in [1.165, 1.54) is 0 Å². The number of ether oxygens (including phenoxy) is 1. The lowest BCUT2D eigenvalue weighted by molar-refractivity contribution is 0.409. The number of pyridine rings is 1. The van der Waals surface area contributed by atoms with Crippen molar-refractivity contribution in [2.75, 3.05) is 14.2 Å². The Morgan fingerprint density at radius 1 is 1.20 bits per heavy atom. The van der Waals surface area contributed by atoms with E-state index in [4.69, 9.17) is 4.74 Å². The number of rotatable bonds is 5. The number of halogens is 1. The van der Waals surface area contributed by atoms with Crippen LogP contribution in [0.15, 0.2) is 52.1 Å². The van der Waals surface area contributed by atoms with Gasteiger partial charge in [0.25, 0.3) is 0 Å². The van der Waals surface area contributed by atoms with Gasteiger partial charge in [0.1, 0.15) is 5.75 Å². The van der Waals surface area contributed by atoms with Crippen molar-refractivity contribution in [2.24, 2.45) is 4.99 Å². The van der Waals surface area contributed by atoms with Crippen molar-refractivity contribution >= 4 is 27.5 Å². The molecule has 0 bridgehead atoms. The quantitative estimate of drug-likeness (QED) is 0.506. The number of fused-ring (bicyclic) bond motifs is 1. The molecule has 2 N–H and O–H groups in total. The lowest BCUT2D eigenvalue weighted by atomic mass is 10.2. The molecule has 0 saturated heterocycles. The lowest BCUT2D eigenvalue weighted by Gasteiger charge is -2.13. The molecular weight excluding hydrogens is 384 g/mol. The van der Waals surface area contributed by atoms with Crippen LogP contribution in [0.2, 0.25) is 0 Å². The summed E-state index contributed by atoms with van der Waals surface area (Å²) in [7, 11) is 3.39. The molecule has 0 fully saturated rings. The average Bonchev–Trinajstić information content (AvgIpc) is 3.05. The van der Waals surface area contributed by atoms with Crippen LogP contribution in [0.5, 0.6) is 5.75 Å². The van der Waals surface area contributed by atoms with Gasteiger partial charge in [-0.15, -0.1) is 10.2 Å². The highest BCUT2D eigenvalue weighted by atomic mass is 79.9. The molecule has 0 atom stereocenters. The summed E-state index contributed by atoms with van der Waals surface area (Å²) in [6.07, 6.45) is 1.94. The Hall–Kier alpha value is -2.61. The Labute approximate surface area is 154 Å². The standard InChI is InChI=1S/C17H19BrN6O/c1-19-17(20-10-12-9-13(18)6-7-14(12)25-2)21-11-16-23-22-15-5-3-4-8-24(15)16/h3-9H,10-11H2,1-2H3,(H2,19,20,21). The van der Waals surface area contributed by atoms with Gasteiger partial charge in [0.15, 0.2) is 17.4 Å². The summed E-state index contributed by atoms with van der Waals surface area (Å²) in [4.78, 5) is 4.24. The van der Waals surface area contributed by atoms with E-state index in [1.54, 1.807) is 14.2 Å². The van der Waals surface area contributed by atoms with Crippen LogP contribution in [-0.2, 0) is 13.1 Å². The first-order valence-corrected chi connectivity index (χ1v) is 8.56. The third-order valence-electron chi connectivity index (χ3n) is 3.71. The molecule has 130 valence electrons. The van der Waals surface area contributed by atoms with Crippen LogP contribution in [0.1, 0.15) is 11.4 Å². The molecule has 0 aliphatic carbocycles. The number of methoxy groups -OCH3 is 1. The summed E-state index contributed by atoms with van der Waals surface area (Å²) in [6.45, 7) is 1.10. The van der Waals surface area contributed by atoms with Crippen LogP contribution < -0.4 is 15.4 Å². The van der Waals surface area contributed by atoms with Gasteiger partial charge in [0.2, 0.25) is 0 Å². The minimum atomic E-state index is 0.514. The van der Waals surface area contributed by atoms with Gasteiger partial charge < -0.3 is 15.4 Å². The summed E-state index contributed by atoms with van der Waals surface area (Å²) < 4.78 is 8.34. The van der Waals surface area contributed by atoms with Crippen LogP contribution >= 0.6 is 15.9 Å². The van der Waals surface area contributed by atoms with E-state index in [1.807, 2.05) is 47.0 Å². The lowest BCUT2D eigenvalue weighted by Crippen LogP contribution is -2.36. The summed E-state index contributed by atoms with van der Waals surface area (Å²) in [5.41, 5.74) is 1.86. The Morgan fingerprint density at radius 2 is 2.04 bits per heavy atom. The first-order chi connectivity index (χ1) is 12.2. The molecule has 8 heteroatoms. The van der Waals surface area contributed by atoms with Crippen LogP contribution in [0, 0.1) is 0 Å². The molecule has 25 heavy (non-hydrogen) atoms. The Morgan fingerprint density at radius 3 is 2.84 bits per heavy atom. The minimum absolute atomic E-state index is 0.514. The van der Waals surface area contributed by atoms with E-state index in [0.717, 1.165) is 27.3 Å². The van der Waals surface area contributed by atoms with E-state index >= 15 is 0 Å². The van der Waals surface area contributed by atoms with Crippen LogP contribution in [-0.4, -0.2) is 34.7 Å². The smallest absolute Gasteiger partial charge is 0.191 e. The van der Waals surface area contributed by atoms with E-state index in [2.05, 4.69) is 41.8 Å². The molecule has 1 aromatic carbocycles. The zero-order valence-corrected chi connectivity index (χ0v) is 15.6. The van der Waals surface area contributed by atoms with Gasteiger partial charge >= 0.3 is 0 Å². The van der Waals surface area contributed by atoms with E-state index in [-0.39, 0.29) is 0 Å². The number of hydrogen-bond acceptors (Lipinski definition) is 4. The first kappa shape index (κ1) is 17.2. The van der Waals surface area contributed by atoms with Gasteiger partial charge in [-0.1, -0.05) is 22.0 Å². The summed E-state index contributed by atoms with van der Waals surface area (Å²) >= 11 is 3.48. The average molecular weight is 403 g/mol. The number of benzene rings is 1. The van der Waals surface area contributed by atoms with E-state index in [9.17, 15) is 0 Å². The van der Waals surface area contributed by atoms with Crippen molar-refractivity contribution in [3.63, 3.8) is 0 Å². The molecule has 3 aromatic rings. The molecule has 0 aliphatic rings. The number of nitrogens with one attached hydrogen (secondary N) is 2. The van der Waals surface area contributed by atoms with Crippen molar-refractivity contribution in [3.8, 4) is 5.75 Å². The first-order valence-electron chi connectivity index (χ1n) is 7.77. The van der Waals surface area contributed by atoms with Gasteiger partial charge in [0.05, 0.1) is 13.7 Å². The molecule has 0 saturated carbocycles. The second-order valence-corrected chi connectivity index (χ2v) is 6.20. The van der Waals surface area contributed by atoms with Crippen molar-refractivity contribution in [3.05, 3.63) is 58.5 Å². The van der Waals surface area contributed by atoms with Gasteiger partial charge in [-0.3, -0.25) is 9.39 Å². The SMILES string of the molecule is CN=C(NCc1cc(Br)ccc1OC)NCc1nnc2ccccn12. The maximum Gasteiger partial charge on any atom is 0.191 e. The van der Waals surface area contributed by atoms with Crippen molar-refractivity contribution in [1.29, 1.82) is 0 Å². The molecule has 0 amide bonds. The fourth-order valence-corrected chi connectivity index (χ4v) is 2.87. The van der Waals surface area contributed by atoms with Crippen LogP contribution in [0.4, 0.5) is 0 Å². The van der Waals surface area contributed by atoms with Gasteiger partial charge in [-0.25, -0.2) is 0 Å². The zero-order valence-electron chi connectivity index (χ0n) is 14.0. The summed E-state index contributed by atoms with van der Waals surface area (Å²) in [5, 5.41) is 14.9. The second kappa shape index (κ2) is 7.98. The maximum atomic E-state index is 5.39. The molecule has 2 heterocycles. The highest BCUT2D eigenvalue weighted by Gasteiger charge is 2.07. The zero-order chi connectivity index (χ0) is 17.6. The summed E-state index contributed by atoms with van der Waals surface area (Å²) in [6, 6.07) is 11.7. The van der Waals surface area contributed by atoms with Crippen LogP contribution in [0.3, 0.4) is 0 Å². The normalized spacial score (nSPS) is 11.6. The Kier molecular flexibility index (Phi) is 5.49. The van der Waals surface area contributed by atoms with E-state index < -0.39 is 0 Å². The van der Waals surface area contributed by atoms with Gasteiger partial charge in [-0.2, -0.15) is 0 Å². The molecule has 3 rings (SSSR count). The minimum Gasteiger partial charge on any atom is -0.496 e. The van der Waals surface area contributed by atoms with Crippen molar-refractivity contribution in [1.82, 2.24) is 25.2 Å². The third kappa shape index (κ3) is 4.08. The largest absolute Gasteiger partial charge is 0.496 e. The number of hydrogen-bond donors (Lipinski definition) is 2. The molecular formula is C17H19BrN6O. The monoisotopic (exact) mass is 402 g/mol. The highest BCUT2D eigenvalue weighted by Crippen LogP contribution is 2.22. The number of aromatic nitrogens is 3. The predicted molar refractivity (Wildman–Crippen MR) is 101 cm³/mol. The topological polar surface area (TPSA) is 75.8 Å². The van der Waals surface area contributed by atoms with Gasteiger partial charge in [0, 0.05) is 29.8 Å².